The van der Waals surface area contributed by atoms with E-state index in [-0.39, 0.29) is 0 Å². The Bertz CT molecular complexity index is 7440. The number of aromatic nitrogens is 15. The Balaban J connectivity index is 0.000000192. The molecule has 0 amide bonds. The highest BCUT2D eigenvalue weighted by atomic mass is 16.5. The molecule has 21 nitrogen and oxygen atoms in total. The van der Waals surface area contributed by atoms with Gasteiger partial charge in [-0.2, -0.15) is 45.0 Å². The smallest absolute Gasteiger partial charge is 0.200 e. The number of nitrogens with one attached hydrogen (secondary N) is 2. The predicted octanol–water partition coefficient (Wildman–Crippen LogP) is 30.2. The average Bonchev–Trinajstić information content (AvgIpc) is 1.56. The van der Waals surface area contributed by atoms with Crippen LogP contribution in [0, 0.1) is 23.7 Å². The molecule has 22 rings (SSSR count). The van der Waals surface area contributed by atoms with Gasteiger partial charge in [0.1, 0.15) is 55.6 Å². The van der Waals surface area contributed by atoms with Crippen LogP contribution in [-0.4, -0.2) is 83.8 Å². The summed E-state index contributed by atoms with van der Waals surface area (Å²) in [6.45, 7) is 21.4. The van der Waals surface area contributed by atoms with Crippen molar-refractivity contribution in [3.63, 3.8) is 0 Å². The van der Waals surface area contributed by atoms with Gasteiger partial charge in [-0.1, -0.05) is 291 Å². The zero-order valence-electron chi connectivity index (χ0n) is 82.2. The normalized spacial score (nSPS) is 11.6. The zero-order valence-corrected chi connectivity index (χ0v) is 82.2. The number of ether oxygens (including phenoxy) is 2. The number of rotatable bonds is 34. The topological polar surface area (TPSA) is 198 Å². The van der Waals surface area contributed by atoms with Crippen LogP contribution in [0.3, 0.4) is 0 Å². The minimum absolute atomic E-state index is 0.320. The maximum atomic E-state index is 6.06. The Hall–Kier alpha value is -17.5. The summed E-state index contributed by atoms with van der Waals surface area (Å²) in [5.41, 5.74) is 33.0. The van der Waals surface area contributed by atoms with Crippen molar-refractivity contribution >= 4 is 123 Å². The molecular formula is C123H114N19O2+. The molecule has 0 unspecified atom stereocenters. The number of aryl methyl sites for hydroxylation is 2. The van der Waals surface area contributed by atoms with Crippen LogP contribution in [-0.2, 0) is 26.2 Å². The number of hydrogen-bond donors (Lipinski definition) is 2. The fraction of sp³-hybridized carbons (Fsp3) is 0.171. The van der Waals surface area contributed by atoms with Crippen LogP contribution in [0.25, 0.3) is 122 Å². The number of unbranched alkanes of at least 4 members (excludes halogenated alkanes) is 2. The van der Waals surface area contributed by atoms with E-state index in [4.69, 9.17) is 45.2 Å². The van der Waals surface area contributed by atoms with Crippen molar-refractivity contribution in [1.29, 1.82) is 0 Å². The molecule has 0 bridgehead atoms. The second kappa shape index (κ2) is 42.3. The van der Waals surface area contributed by atoms with E-state index < -0.39 is 0 Å². The Labute approximate surface area is 838 Å². The second-order valence-electron chi connectivity index (χ2n) is 38.2. The first-order valence-corrected chi connectivity index (χ1v) is 49.9. The highest BCUT2D eigenvalue weighted by molar-refractivity contribution is 6.18. The summed E-state index contributed by atoms with van der Waals surface area (Å²) in [4.78, 5) is 16.7. The van der Waals surface area contributed by atoms with Crippen LogP contribution in [0.4, 0.5) is 68.2 Å². The summed E-state index contributed by atoms with van der Waals surface area (Å²) in [7, 11) is 0. The first-order chi connectivity index (χ1) is 70.7. The van der Waals surface area contributed by atoms with Gasteiger partial charge in [0.05, 0.1) is 38.4 Å². The lowest BCUT2D eigenvalue weighted by atomic mass is 9.95. The number of hydrogen-bond acceptors (Lipinski definition) is 15. The van der Waals surface area contributed by atoms with Crippen LogP contribution in [0.1, 0.15) is 74.7 Å². The number of anilines is 12. The summed E-state index contributed by atoms with van der Waals surface area (Å²) in [6.07, 6.45) is 2.66. The standard InChI is InChI=1S/C77H76N11O2.C46H38N8/c1-53(2)50-86-82-76-70(58-30-38-64(39-31-58)87(60-22-12-7-13-23-60)61-24-14-8-15-25-61)74-75(71(77(76)83-86)59-32-40-65(41-33-59)88(62-26-16-9-17-27-62)63-28-18-10-19-29-63)81-85(80-74)49-21-11-20-48-84-78-72-68(56-34-42-66(43-35-56)89-51-54(3)4)46-47-69(73(72)79-84)57-36-44-67(45-37-57)90-52-55(5)6;1-32(2)31-52-49-45-41(33-23-27-39(28-24-33)53(35-15-7-3-8-16-35)36-17-9-4-10-18-36)43-44(48-51-47-43)42(46(45)50-52)34-25-29-40(30-26-34)54(37-19-11-5-12-20-37)38-21-13-6-14-22-38/h7-10,12-19,22-47,53-55H,11,20-21,48-52H2,1-6H3,(H,80,81);3-30,32H,31H2,1-2H3,(H,47,48)/q+1;. The number of nitrogens with zero attached hydrogens (tertiary/aromatic N) is 17. The van der Waals surface area contributed by atoms with Gasteiger partial charge in [-0.15, -0.1) is 10.2 Å². The van der Waals surface area contributed by atoms with Gasteiger partial charge >= 0.3 is 0 Å². The number of aromatic amines is 2. The summed E-state index contributed by atoms with van der Waals surface area (Å²) in [5, 5.41) is 53.0. The van der Waals surface area contributed by atoms with Gasteiger partial charge in [0.2, 0.25) is 6.54 Å². The predicted molar refractivity (Wildman–Crippen MR) is 585 cm³/mol. The van der Waals surface area contributed by atoms with Crippen LogP contribution < -0.4 is 33.9 Å². The molecule has 0 spiro atoms. The maximum Gasteiger partial charge on any atom is 0.200 e. The van der Waals surface area contributed by atoms with E-state index in [1.54, 1.807) is 0 Å². The molecule has 0 saturated heterocycles. The fourth-order valence-corrected chi connectivity index (χ4v) is 19.0. The molecule has 22 aromatic rings. The first-order valence-electron chi connectivity index (χ1n) is 49.9. The Kier molecular flexibility index (Phi) is 27.3. The maximum absolute atomic E-state index is 6.06. The van der Waals surface area contributed by atoms with E-state index in [1.165, 1.54) is 0 Å². The quantitative estimate of drug-likeness (QED) is 0.0285. The molecule has 0 aliphatic carbocycles. The summed E-state index contributed by atoms with van der Waals surface area (Å²) in [5.74, 6) is 3.27. The minimum atomic E-state index is 0.320. The number of H-pyrrole nitrogens is 2. The molecule has 5 heterocycles. The van der Waals surface area contributed by atoms with Crippen LogP contribution in [0.2, 0.25) is 0 Å². The van der Waals surface area contributed by atoms with Gasteiger partial charge in [0, 0.05) is 113 Å². The Morgan fingerprint density at radius 2 is 0.535 bits per heavy atom. The summed E-state index contributed by atoms with van der Waals surface area (Å²) in [6, 6.07) is 140. The molecule has 712 valence electrons. The zero-order chi connectivity index (χ0) is 97.9. The summed E-state index contributed by atoms with van der Waals surface area (Å²) >= 11 is 0. The third-order valence-corrected chi connectivity index (χ3v) is 25.6. The van der Waals surface area contributed by atoms with Crippen molar-refractivity contribution in [3.8, 4) is 78.3 Å². The Morgan fingerprint density at radius 1 is 0.257 bits per heavy atom. The molecule has 144 heavy (non-hydrogen) atoms. The van der Waals surface area contributed by atoms with Crippen LogP contribution in [0.5, 0.6) is 11.5 Å². The van der Waals surface area contributed by atoms with Gasteiger partial charge in [0.15, 0.2) is 5.52 Å². The van der Waals surface area contributed by atoms with Crippen molar-refractivity contribution in [2.45, 2.75) is 101 Å². The summed E-state index contributed by atoms with van der Waals surface area (Å²) < 4.78 is 12.1. The van der Waals surface area contributed by atoms with E-state index in [0.29, 0.717) is 63.1 Å². The highest BCUT2D eigenvalue weighted by Crippen LogP contribution is 2.48. The van der Waals surface area contributed by atoms with E-state index in [1.807, 2.05) is 67.7 Å². The van der Waals surface area contributed by atoms with E-state index in [0.717, 1.165) is 221 Å². The number of para-hydroxylation sites is 8. The van der Waals surface area contributed by atoms with Gasteiger partial charge in [-0.3, -0.25) is 5.10 Å². The lowest BCUT2D eigenvalue weighted by Gasteiger charge is -2.25. The molecule has 5 aromatic heterocycles. The molecule has 21 heteroatoms. The van der Waals surface area contributed by atoms with Crippen molar-refractivity contribution in [2.24, 2.45) is 23.7 Å². The van der Waals surface area contributed by atoms with E-state index >= 15 is 0 Å². The molecule has 17 aromatic carbocycles. The largest absolute Gasteiger partial charge is 0.493 e. The SMILES string of the molecule is CC(C)COc1ccc(-c2ccc(-c3ccc(OCC(C)C)cc3)c3nn(CCCCC[n+]4nc5c(-c6ccc(N(c7ccccc7)c7ccccc7)cc6)c6nn(CC(C)C)nc6c(-c6ccc(N(c7ccccc7)c7ccccc7)cc6)c5[nH]4)nc23)cc1.CC(C)Cn1nc2c(-c3ccc(N(c4ccccc4)c4ccccc4)cc3)c3nn[nH]c3c(-c3ccc(N(c4ccccc4)c4ccccc4)cc3)c2n1. The second-order valence-corrected chi connectivity index (χ2v) is 38.2. The lowest BCUT2D eigenvalue weighted by molar-refractivity contribution is -0.800. The monoisotopic (exact) mass is 1890 g/mol. The van der Waals surface area contributed by atoms with Crippen molar-refractivity contribution in [1.82, 2.24) is 70.6 Å². The van der Waals surface area contributed by atoms with Gasteiger partial charge in [-0.25, -0.2) is 0 Å². The highest BCUT2D eigenvalue weighted by Gasteiger charge is 2.31. The first kappa shape index (κ1) is 92.9. The molecule has 0 fully saturated rings. The third kappa shape index (κ3) is 20.1. The van der Waals surface area contributed by atoms with Crippen molar-refractivity contribution in [3.05, 3.63) is 400 Å². The van der Waals surface area contributed by atoms with Gasteiger partial charge < -0.3 is 29.1 Å². The van der Waals surface area contributed by atoms with E-state index in [9.17, 15) is 0 Å². The Morgan fingerprint density at radius 3 is 0.847 bits per heavy atom. The number of fused-ring (bicyclic) bond motifs is 5. The van der Waals surface area contributed by atoms with Gasteiger partial charge in [-0.05, 0) is 245 Å². The van der Waals surface area contributed by atoms with Crippen LogP contribution in [0.15, 0.2) is 400 Å². The van der Waals surface area contributed by atoms with Gasteiger partial charge in [0.25, 0.3) is 0 Å². The van der Waals surface area contributed by atoms with Crippen molar-refractivity contribution < 1.29 is 14.3 Å². The fourth-order valence-electron chi connectivity index (χ4n) is 19.0. The minimum Gasteiger partial charge on any atom is -0.493 e. The van der Waals surface area contributed by atoms with Crippen molar-refractivity contribution in [2.75, 3.05) is 32.8 Å². The molecule has 0 aliphatic heterocycles. The molecule has 0 radical (unpaired) electrons. The third-order valence-electron chi connectivity index (χ3n) is 25.6. The molecule has 2 N–H and O–H groups in total. The molecule has 0 saturated carbocycles. The average molecular weight is 1890 g/mol. The molecular weight excluding hydrogens is 1780 g/mol. The molecule has 0 aliphatic rings. The lowest BCUT2D eigenvalue weighted by Crippen LogP contribution is -2.38. The van der Waals surface area contributed by atoms with Crippen LogP contribution >= 0.6 is 0 Å². The van der Waals surface area contributed by atoms with E-state index in [2.05, 4.69) is 447 Å². The molecule has 0 atom stereocenters. The number of benzene rings is 17.